The van der Waals surface area contributed by atoms with E-state index in [9.17, 15) is 22.8 Å². The lowest BCUT2D eigenvalue weighted by Gasteiger charge is -2.32. The van der Waals surface area contributed by atoms with Crippen molar-refractivity contribution in [3.8, 4) is 5.75 Å². The number of nitrogens with zero attached hydrogens (tertiary/aromatic N) is 1. The van der Waals surface area contributed by atoms with Gasteiger partial charge in [-0.2, -0.15) is 0 Å². The van der Waals surface area contributed by atoms with E-state index in [1.807, 2.05) is 13.8 Å². The second-order valence-electron chi connectivity index (χ2n) is 6.29. The van der Waals surface area contributed by atoms with E-state index in [0.717, 1.165) is 6.07 Å². The lowest BCUT2D eigenvalue weighted by Crippen LogP contribution is -2.43. The van der Waals surface area contributed by atoms with Gasteiger partial charge in [-0.3, -0.25) is 9.59 Å². The second kappa shape index (κ2) is 7.76. The zero-order valence-electron chi connectivity index (χ0n) is 14.1. The molecule has 0 radical (unpaired) electrons. The predicted octanol–water partition coefficient (Wildman–Crippen LogP) is 3.42. The third-order valence-electron chi connectivity index (χ3n) is 4.04. The second-order valence-corrected chi connectivity index (χ2v) is 6.29. The number of anilines is 1. The number of ether oxygens (including phenoxy) is 1. The van der Waals surface area contributed by atoms with Gasteiger partial charge in [0, 0.05) is 24.9 Å². The summed E-state index contributed by atoms with van der Waals surface area (Å²) in [4.78, 5) is 26.0. The summed E-state index contributed by atoms with van der Waals surface area (Å²) < 4.78 is 41.2. The van der Waals surface area contributed by atoms with Crippen LogP contribution < -0.4 is 10.1 Å². The molecule has 1 aromatic carbocycles. The maximum atomic E-state index is 12.4. The lowest BCUT2D eigenvalue weighted by molar-refractivity contribution is -0.274. The SMILES string of the molecule is CC(C)C(=O)N1CCC(C(=O)Nc2ccccc2OC(F)(F)F)CC1. The first kappa shape index (κ1) is 19.1. The number of halogens is 3. The van der Waals surface area contributed by atoms with E-state index in [1.165, 1.54) is 18.2 Å². The monoisotopic (exact) mass is 358 g/mol. The molecule has 1 fully saturated rings. The molecular weight excluding hydrogens is 337 g/mol. The highest BCUT2D eigenvalue weighted by Crippen LogP contribution is 2.31. The summed E-state index contributed by atoms with van der Waals surface area (Å²) in [6.45, 7) is 4.57. The van der Waals surface area contributed by atoms with Gasteiger partial charge >= 0.3 is 6.36 Å². The number of amides is 2. The molecule has 1 aliphatic heterocycles. The van der Waals surface area contributed by atoms with Gasteiger partial charge in [0.15, 0.2) is 5.75 Å². The van der Waals surface area contributed by atoms with Crippen LogP contribution in [0.15, 0.2) is 24.3 Å². The fraction of sp³-hybridized carbons (Fsp3) is 0.529. The molecule has 0 aliphatic carbocycles. The minimum absolute atomic E-state index is 0.0227. The van der Waals surface area contributed by atoms with E-state index in [1.54, 1.807) is 4.90 Å². The maximum Gasteiger partial charge on any atom is 0.573 e. The highest BCUT2D eigenvalue weighted by Gasteiger charge is 2.33. The molecule has 0 spiro atoms. The molecule has 5 nitrogen and oxygen atoms in total. The standard InChI is InChI=1S/C17H21F3N2O3/c1-11(2)16(24)22-9-7-12(8-10-22)15(23)21-13-5-3-4-6-14(13)25-17(18,19)20/h3-6,11-12H,7-10H2,1-2H3,(H,21,23). The number of carbonyl (C=O) groups is 2. The minimum atomic E-state index is -4.83. The van der Waals surface area contributed by atoms with Crippen molar-refractivity contribution in [3.63, 3.8) is 0 Å². The molecule has 1 aliphatic rings. The zero-order valence-corrected chi connectivity index (χ0v) is 14.1. The van der Waals surface area contributed by atoms with Gasteiger partial charge in [0.2, 0.25) is 11.8 Å². The molecule has 1 N–H and O–H groups in total. The number of nitrogens with one attached hydrogen (secondary N) is 1. The smallest absolute Gasteiger partial charge is 0.404 e. The van der Waals surface area contributed by atoms with Crippen LogP contribution in [0.3, 0.4) is 0 Å². The van der Waals surface area contributed by atoms with Crippen molar-refractivity contribution in [2.45, 2.75) is 33.1 Å². The average molecular weight is 358 g/mol. The highest BCUT2D eigenvalue weighted by atomic mass is 19.4. The summed E-state index contributed by atoms with van der Waals surface area (Å²) in [5.74, 6) is -1.22. The molecule has 25 heavy (non-hydrogen) atoms. The molecule has 1 aromatic rings. The van der Waals surface area contributed by atoms with Gasteiger partial charge in [-0.05, 0) is 25.0 Å². The van der Waals surface area contributed by atoms with Crippen molar-refractivity contribution in [1.82, 2.24) is 4.90 Å². The number of rotatable bonds is 4. The van der Waals surface area contributed by atoms with Crippen LogP contribution in [-0.4, -0.2) is 36.2 Å². The first-order chi connectivity index (χ1) is 11.7. The maximum absolute atomic E-state index is 12.4. The molecule has 8 heteroatoms. The number of benzene rings is 1. The number of alkyl halides is 3. The number of hydrogen-bond acceptors (Lipinski definition) is 3. The molecule has 138 valence electrons. The molecule has 0 bridgehead atoms. The molecule has 1 saturated heterocycles. The minimum Gasteiger partial charge on any atom is -0.404 e. The van der Waals surface area contributed by atoms with E-state index >= 15 is 0 Å². The Morgan fingerprint density at radius 3 is 2.36 bits per heavy atom. The van der Waals surface area contributed by atoms with Gasteiger partial charge in [0.1, 0.15) is 0 Å². The van der Waals surface area contributed by atoms with Crippen molar-refractivity contribution >= 4 is 17.5 Å². The van der Waals surface area contributed by atoms with E-state index in [-0.39, 0.29) is 29.3 Å². The van der Waals surface area contributed by atoms with Crippen LogP contribution in [0.5, 0.6) is 5.75 Å². The van der Waals surface area contributed by atoms with Gasteiger partial charge in [0.05, 0.1) is 5.69 Å². The summed E-state index contributed by atoms with van der Waals surface area (Å²) in [5.41, 5.74) is -0.0227. The Morgan fingerprint density at radius 2 is 1.80 bits per heavy atom. The van der Waals surface area contributed by atoms with Crippen LogP contribution in [0.4, 0.5) is 18.9 Å². The molecule has 0 aromatic heterocycles. The van der Waals surface area contributed by atoms with Crippen molar-refractivity contribution in [2.75, 3.05) is 18.4 Å². The fourth-order valence-electron chi connectivity index (χ4n) is 2.75. The summed E-state index contributed by atoms with van der Waals surface area (Å²) in [5, 5.41) is 2.50. The Hall–Kier alpha value is -2.25. The largest absolute Gasteiger partial charge is 0.573 e. The molecule has 2 rings (SSSR count). The topological polar surface area (TPSA) is 58.6 Å². The fourth-order valence-corrected chi connectivity index (χ4v) is 2.75. The molecule has 0 unspecified atom stereocenters. The van der Waals surface area contributed by atoms with E-state index in [2.05, 4.69) is 10.1 Å². The van der Waals surface area contributed by atoms with Crippen LogP contribution in [0.2, 0.25) is 0 Å². The quantitative estimate of drug-likeness (QED) is 0.897. The van der Waals surface area contributed by atoms with Crippen LogP contribution in [0.25, 0.3) is 0 Å². The normalized spacial score (nSPS) is 16.0. The average Bonchev–Trinajstić information content (AvgIpc) is 2.54. The third kappa shape index (κ3) is 5.37. The molecule has 2 amide bonds. The third-order valence-corrected chi connectivity index (χ3v) is 4.04. The Labute approximate surface area is 144 Å². The first-order valence-electron chi connectivity index (χ1n) is 8.12. The van der Waals surface area contributed by atoms with Gasteiger partial charge in [-0.15, -0.1) is 13.2 Å². The Kier molecular flexibility index (Phi) is 5.92. The van der Waals surface area contributed by atoms with E-state index in [4.69, 9.17) is 0 Å². The lowest BCUT2D eigenvalue weighted by atomic mass is 9.95. The van der Waals surface area contributed by atoms with Gasteiger partial charge < -0.3 is 15.0 Å². The Bertz CT molecular complexity index is 624. The summed E-state index contributed by atoms with van der Waals surface area (Å²) in [6.07, 6.45) is -3.87. The Morgan fingerprint density at radius 1 is 1.20 bits per heavy atom. The molecule has 1 heterocycles. The molecular formula is C17H21F3N2O3. The number of hydrogen-bond donors (Lipinski definition) is 1. The van der Waals surface area contributed by atoms with E-state index < -0.39 is 12.1 Å². The summed E-state index contributed by atoms with van der Waals surface area (Å²) >= 11 is 0. The van der Waals surface area contributed by atoms with Crippen molar-refractivity contribution in [2.24, 2.45) is 11.8 Å². The summed E-state index contributed by atoms with van der Waals surface area (Å²) in [6, 6.07) is 5.42. The number of carbonyl (C=O) groups excluding carboxylic acids is 2. The van der Waals surface area contributed by atoms with Crippen molar-refractivity contribution in [3.05, 3.63) is 24.3 Å². The van der Waals surface area contributed by atoms with Crippen LogP contribution in [-0.2, 0) is 9.59 Å². The van der Waals surface area contributed by atoms with Crippen molar-refractivity contribution < 1.29 is 27.5 Å². The predicted molar refractivity (Wildman–Crippen MR) is 85.9 cm³/mol. The van der Waals surface area contributed by atoms with Crippen LogP contribution >= 0.6 is 0 Å². The summed E-state index contributed by atoms with van der Waals surface area (Å²) in [7, 11) is 0. The highest BCUT2D eigenvalue weighted by molar-refractivity contribution is 5.94. The van der Waals surface area contributed by atoms with Gasteiger partial charge in [-0.25, -0.2) is 0 Å². The molecule has 0 atom stereocenters. The first-order valence-corrected chi connectivity index (χ1v) is 8.12. The van der Waals surface area contributed by atoms with Crippen LogP contribution in [0, 0.1) is 11.8 Å². The Balaban J connectivity index is 1.97. The van der Waals surface area contributed by atoms with E-state index in [0.29, 0.717) is 25.9 Å². The van der Waals surface area contributed by atoms with Crippen molar-refractivity contribution in [1.29, 1.82) is 0 Å². The number of piperidine rings is 1. The van der Waals surface area contributed by atoms with Gasteiger partial charge in [-0.1, -0.05) is 26.0 Å². The zero-order chi connectivity index (χ0) is 18.6. The molecule has 0 saturated carbocycles. The van der Waals surface area contributed by atoms with Gasteiger partial charge in [0.25, 0.3) is 0 Å². The number of para-hydroxylation sites is 2. The van der Waals surface area contributed by atoms with Crippen LogP contribution in [0.1, 0.15) is 26.7 Å². The number of likely N-dealkylation sites (tertiary alicyclic amines) is 1.